The predicted octanol–water partition coefficient (Wildman–Crippen LogP) is 3.68. The molecule has 6 nitrogen and oxygen atoms in total. The largest absolute Gasteiger partial charge is 0.484 e. The van der Waals surface area contributed by atoms with Gasteiger partial charge >= 0.3 is 6.18 Å². The molecular formula is C20H22F3N3O3. The van der Waals surface area contributed by atoms with Gasteiger partial charge in [0.1, 0.15) is 23.1 Å². The van der Waals surface area contributed by atoms with E-state index in [1.165, 1.54) is 24.4 Å². The van der Waals surface area contributed by atoms with E-state index in [2.05, 4.69) is 20.0 Å². The number of ether oxygens (including phenoxy) is 1. The third-order valence-electron chi connectivity index (χ3n) is 4.04. The normalized spacial score (nSPS) is 12.5. The number of carbonyl (C=O) groups excluding carboxylic acids is 2. The van der Waals surface area contributed by atoms with Crippen molar-refractivity contribution >= 4 is 11.7 Å². The number of nitrogens with one attached hydrogen (secondary N) is 1. The van der Waals surface area contributed by atoms with E-state index in [-0.39, 0.29) is 35.4 Å². The second kappa shape index (κ2) is 9.49. The van der Waals surface area contributed by atoms with Gasteiger partial charge in [-0.05, 0) is 30.7 Å². The van der Waals surface area contributed by atoms with Crippen molar-refractivity contribution in [2.45, 2.75) is 39.4 Å². The summed E-state index contributed by atoms with van der Waals surface area (Å²) in [5.74, 6) is -0.270. The third-order valence-corrected chi connectivity index (χ3v) is 4.04. The van der Waals surface area contributed by atoms with Crippen LogP contribution in [0, 0.1) is 5.92 Å². The van der Waals surface area contributed by atoms with Crippen LogP contribution < -0.4 is 10.1 Å². The van der Waals surface area contributed by atoms with E-state index in [0.29, 0.717) is 5.56 Å². The number of carbonyl (C=O) groups is 2. The Morgan fingerprint density at radius 3 is 2.34 bits per heavy atom. The minimum Gasteiger partial charge on any atom is -0.484 e. The zero-order valence-electron chi connectivity index (χ0n) is 16.3. The van der Waals surface area contributed by atoms with Crippen LogP contribution in [-0.2, 0) is 11.2 Å². The summed E-state index contributed by atoms with van der Waals surface area (Å²) < 4.78 is 41.2. The number of alkyl halides is 3. The third kappa shape index (κ3) is 7.17. The first kappa shape index (κ1) is 22.3. The fourth-order valence-corrected chi connectivity index (χ4v) is 2.34. The van der Waals surface area contributed by atoms with E-state index in [0.717, 1.165) is 0 Å². The Hall–Kier alpha value is -2.97. The van der Waals surface area contributed by atoms with E-state index in [1.807, 2.05) is 0 Å². The van der Waals surface area contributed by atoms with Crippen molar-refractivity contribution in [3.05, 3.63) is 53.6 Å². The van der Waals surface area contributed by atoms with E-state index in [1.54, 1.807) is 32.9 Å². The summed E-state index contributed by atoms with van der Waals surface area (Å²) in [6.45, 7) is 3.92. The van der Waals surface area contributed by atoms with Crippen LogP contribution in [0.25, 0.3) is 0 Å². The molecule has 0 spiro atoms. The molecule has 0 radical (unpaired) electrons. The predicted molar refractivity (Wildman–Crippen MR) is 99.5 cm³/mol. The van der Waals surface area contributed by atoms with Gasteiger partial charge in [0.05, 0.1) is 12.5 Å². The summed E-state index contributed by atoms with van der Waals surface area (Å²) in [7, 11) is 0. The van der Waals surface area contributed by atoms with Gasteiger partial charge in [-0.2, -0.15) is 13.2 Å². The van der Waals surface area contributed by atoms with Crippen molar-refractivity contribution in [1.82, 2.24) is 15.3 Å². The molecule has 29 heavy (non-hydrogen) atoms. The Morgan fingerprint density at radius 2 is 1.76 bits per heavy atom. The number of hydrogen-bond donors (Lipinski definition) is 1. The van der Waals surface area contributed by atoms with Gasteiger partial charge in [0, 0.05) is 12.1 Å². The van der Waals surface area contributed by atoms with Gasteiger partial charge in [-0.25, -0.2) is 9.97 Å². The molecule has 1 unspecified atom stereocenters. The molecule has 0 aliphatic heterocycles. The Labute approximate surface area is 166 Å². The van der Waals surface area contributed by atoms with Crippen LogP contribution in [0.3, 0.4) is 0 Å². The molecule has 0 saturated carbocycles. The molecule has 0 fully saturated rings. The van der Waals surface area contributed by atoms with Crippen LogP contribution in [0.2, 0.25) is 0 Å². The van der Waals surface area contributed by atoms with Crippen molar-refractivity contribution in [3.63, 3.8) is 0 Å². The Balaban J connectivity index is 1.99. The number of rotatable bonds is 8. The van der Waals surface area contributed by atoms with Gasteiger partial charge in [0.25, 0.3) is 5.91 Å². The number of amides is 1. The van der Waals surface area contributed by atoms with Crippen LogP contribution >= 0.6 is 0 Å². The van der Waals surface area contributed by atoms with Crippen LogP contribution in [-0.4, -0.2) is 34.4 Å². The summed E-state index contributed by atoms with van der Waals surface area (Å²) >= 11 is 0. The van der Waals surface area contributed by atoms with Crippen LogP contribution in [0.4, 0.5) is 13.2 Å². The fourth-order valence-electron chi connectivity index (χ4n) is 2.34. The molecule has 2 aromatic rings. The summed E-state index contributed by atoms with van der Waals surface area (Å²) in [5.41, 5.74) is 0.811. The van der Waals surface area contributed by atoms with Gasteiger partial charge in [0.15, 0.2) is 6.61 Å². The highest BCUT2D eigenvalue weighted by Crippen LogP contribution is 2.21. The summed E-state index contributed by atoms with van der Waals surface area (Å²) in [5, 5.41) is 2.76. The van der Waals surface area contributed by atoms with Crippen LogP contribution in [0.5, 0.6) is 5.75 Å². The highest BCUT2D eigenvalue weighted by molar-refractivity contribution is 5.92. The van der Waals surface area contributed by atoms with Crippen LogP contribution in [0.15, 0.2) is 36.5 Å². The SMILES string of the molecule is CC(C)C(=O)Cc1nccc(C(=O)NC(C)c2ccc(OCC(F)(F)F)cc2)n1. The first-order valence-corrected chi connectivity index (χ1v) is 9.00. The monoisotopic (exact) mass is 409 g/mol. The number of nitrogens with zero attached hydrogens (tertiary/aromatic N) is 2. The fraction of sp³-hybridized carbons (Fsp3) is 0.400. The number of benzene rings is 1. The molecule has 0 bridgehead atoms. The lowest BCUT2D eigenvalue weighted by molar-refractivity contribution is -0.153. The molecule has 0 aliphatic carbocycles. The Morgan fingerprint density at radius 1 is 1.10 bits per heavy atom. The number of Topliss-reactive ketones (excluding diaryl/α,β-unsaturated/α-hetero) is 1. The molecule has 0 saturated heterocycles. The zero-order chi connectivity index (χ0) is 21.6. The molecule has 1 aromatic carbocycles. The van der Waals surface area contributed by atoms with E-state index in [4.69, 9.17) is 0 Å². The van der Waals surface area contributed by atoms with Crippen molar-refractivity contribution < 1.29 is 27.5 Å². The highest BCUT2D eigenvalue weighted by atomic mass is 19.4. The average Bonchev–Trinajstić information content (AvgIpc) is 2.66. The first-order valence-electron chi connectivity index (χ1n) is 9.00. The van der Waals surface area contributed by atoms with Gasteiger partial charge in [-0.15, -0.1) is 0 Å². The molecule has 1 amide bonds. The molecule has 9 heteroatoms. The number of hydrogen-bond acceptors (Lipinski definition) is 5. The maximum absolute atomic E-state index is 12.4. The van der Waals surface area contributed by atoms with Gasteiger partial charge in [-0.3, -0.25) is 9.59 Å². The molecule has 1 heterocycles. The van der Waals surface area contributed by atoms with E-state index >= 15 is 0 Å². The quantitative estimate of drug-likeness (QED) is 0.719. The lowest BCUT2D eigenvalue weighted by atomic mass is 10.1. The van der Waals surface area contributed by atoms with Gasteiger partial charge < -0.3 is 10.1 Å². The minimum atomic E-state index is -4.41. The summed E-state index contributed by atoms with van der Waals surface area (Å²) in [6, 6.07) is 6.98. The molecular weight excluding hydrogens is 387 g/mol. The minimum absolute atomic E-state index is 0.0243. The number of ketones is 1. The zero-order valence-corrected chi connectivity index (χ0v) is 16.3. The second-order valence-corrected chi connectivity index (χ2v) is 6.82. The molecule has 1 atom stereocenters. The van der Waals surface area contributed by atoms with Crippen molar-refractivity contribution in [1.29, 1.82) is 0 Å². The summed E-state index contributed by atoms with van der Waals surface area (Å²) in [4.78, 5) is 32.4. The molecule has 0 aliphatic rings. The first-order chi connectivity index (χ1) is 13.5. The average molecular weight is 409 g/mol. The molecule has 1 N–H and O–H groups in total. The Bertz CT molecular complexity index is 852. The van der Waals surface area contributed by atoms with Crippen LogP contribution in [0.1, 0.15) is 48.7 Å². The maximum Gasteiger partial charge on any atom is 0.422 e. The topological polar surface area (TPSA) is 81.2 Å². The number of aromatic nitrogens is 2. The van der Waals surface area contributed by atoms with Crippen molar-refractivity contribution in [2.75, 3.05) is 6.61 Å². The maximum atomic E-state index is 12.4. The van der Waals surface area contributed by atoms with Crippen molar-refractivity contribution in [3.8, 4) is 5.75 Å². The van der Waals surface area contributed by atoms with Gasteiger partial charge in [0.2, 0.25) is 0 Å². The number of halogens is 3. The molecule has 1 aromatic heterocycles. The standard InChI is InChI=1S/C20H22F3N3O3/c1-12(2)17(27)10-18-24-9-8-16(26-18)19(28)25-13(3)14-4-6-15(7-5-14)29-11-20(21,22)23/h4-9,12-13H,10-11H2,1-3H3,(H,25,28). The van der Waals surface area contributed by atoms with E-state index in [9.17, 15) is 22.8 Å². The van der Waals surface area contributed by atoms with Gasteiger partial charge in [-0.1, -0.05) is 26.0 Å². The smallest absolute Gasteiger partial charge is 0.422 e. The highest BCUT2D eigenvalue weighted by Gasteiger charge is 2.28. The Kier molecular flexibility index (Phi) is 7.30. The second-order valence-electron chi connectivity index (χ2n) is 6.82. The van der Waals surface area contributed by atoms with Crippen molar-refractivity contribution in [2.24, 2.45) is 5.92 Å². The lowest BCUT2D eigenvalue weighted by Gasteiger charge is -2.15. The molecule has 2 rings (SSSR count). The molecule has 156 valence electrons. The van der Waals surface area contributed by atoms with E-state index < -0.39 is 24.7 Å². The summed E-state index contributed by atoms with van der Waals surface area (Å²) in [6.07, 6.45) is -2.94. The lowest BCUT2D eigenvalue weighted by Crippen LogP contribution is -2.28.